The summed E-state index contributed by atoms with van der Waals surface area (Å²) in [5.41, 5.74) is 5.29. The molecule has 0 fully saturated rings. The van der Waals surface area contributed by atoms with Gasteiger partial charge in [-0.1, -0.05) is 29.5 Å². The summed E-state index contributed by atoms with van der Waals surface area (Å²) in [5.74, 6) is 0.585. The maximum atomic E-state index is 12.1. The van der Waals surface area contributed by atoms with E-state index in [0.717, 1.165) is 16.9 Å². The highest BCUT2D eigenvalue weighted by Crippen LogP contribution is 2.23. The molecule has 0 saturated heterocycles. The minimum atomic E-state index is -0.0143. The zero-order valence-electron chi connectivity index (χ0n) is 13.9. The van der Waals surface area contributed by atoms with Crippen molar-refractivity contribution in [3.63, 3.8) is 0 Å². The largest absolute Gasteiger partial charge is 0.430 e. The van der Waals surface area contributed by atoms with E-state index in [9.17, 15) is 4.79 Å². The Morgan fingerprint density at radius 2 is 2.00 bits per heavy atom. The minimum Gasteiger partial charge on any atom is -0.430 e. The molecular weight excluding hydrogens is 322 g/mol. The summed E-state index contributed by atoms with van der Waals surface area (Å²) in [4.78, 5) is 20.7. The molecule has 124 valence electrons. The third-order valence-corrected chi connectivity index (χ3v) is 4.41. The molecule has 24 heavy (non-hydrogen) atoms. The molecule has 1 N–H and O–H groups in total. The topological polar surface area (TPSA) is 68.0 Å². The first-order valence-electron chi connectivity index (χ1n) is 7.75. The molecule has 3 rings (SSSR count). The van der Waals surface area contributed by atoms with Crippen molar-refractivity contribution in [2.45, 2.75) is 32.4 Å². The van der Waals surface area contributed by atoms with Crippen molar-refractivity contribution in [1.82, 2.24) is 9.97 Å². The second-order valence-corrected chi connectivity index (χ2v) is 6.77. The van der Waals surface area contributed by atoms with Crippen molar-refractivity contribution in [1.29, 1.82) is 0 Å². The fourth-order valence-corrected chi connectivity index (χ4v) is 3.11. The van der Waals surface area contributed by atoms with Gasteiger partial charge in [0, 0.05) is 23.6 Å². The van der Waals surface area contributed by atoms with E-state index in [1.165, 1.54) is 17.3 Å². The van der Waals surface area contributed by atoms with E-state index < -0.39 is 0 Å². The molecule has 0 unspecified atom stereocenters. The lowest BCUT2D eigenvalue weighted by molar-refractivity contribution is -0.115. The molecule has 0 atom stereocenters. The third kappa shape index (κ3) is 3.94. The number of aryl methyl sites for hydroxylation is 3. The van der Waals surface area contributed by atoms with Crippen LogP contribution in [-0.2, 0) is 4.79 Å². The van der Waals surface area contributed by atoms with Crippen LogP contribution in [0.3, 0.4) is 0 Å². The number of nitrogens with zero attached hydrogens (tertiary/aromatic N) is 2. The van der Waals surface area contributed by atoms with Gasteiger partial charge in [-0.15, -0.1) is 0 Å². The van der Waals surface area contributed by atoms with Gasteiger partial charge in [-0.3, -0.25) is 4.79 Å². The monoisotopic (exact) mass is 341 g/mol. The zero-order valence-corrected chi connectivity index (χ0v) is 14.7. The van der Waals surface area contributed by atoms with Crippen LogP contribution in [0.15, 0.2) is 40.0 Å². The number of anilines is 1. The number of hydrogen-bond acceptors (Lipinski definition) is 5. The smallest absolute Gasteiger partial charge is 0.258 e. The second kappa shape index (κ2) is 7.05. The SMILES string of the molecule is Cc1ccc(NC(=O)CCSc2nc3nc(C)ccc3o2)c(C)c1. The number of oxazole rings is 1. The predicted molar refractivity (Wildman–Crippen MR) is 96.4 cm³/mol. The number of fused-ring (bicyclic) bond motifs is 1. The number of hydrogen-bond donors (Lipinski definition) is 1. The second-order valence-electron chi connectivity index (χ2n) is 5.72. The van der Waals surface area contributed by atoms with Crippen molar-refractivity contribution in [2.24, 2.45) is 0 Å². The number of benzene rings is 1. The Morgan fingerprint density at radius 3 is 2.79 bits per heavy atom. The van der Waals surface area contributed by atoms with Gasteiger partial charge in [0.2, 0.25) is 5.91 Å². The predicted octanol–water partition coefficient (Wildman–Crippen LogP) is 4.27. The summed E-state index contributed by atoms with van der Waals surface area (Å²) in [6.45, 7) is 5.94. The zero-order chi connectivity index (χ0) is 17.1. The van der Waals surface area contributed by atoms with Crippen molar-refractivity contribution in [3.8, 4) is 0 Å². The molecule has 6 heteroatoms. The number of nitrogens with one attached hydrogen (secondary N) is 1. The van der Waals surface area contributed by atoms with E-state index in [4.69, 9.17) is 4.42 Å². The molecule has 0 spiro atoms. The number of rotatable bonds is 5. The van der Waals surface area contributed by atoms with Crippen LogP contribution in [0.1, 0.15) is 23.2 Å². The third-order valence-electron chi connectivity index (χ3n) is 3.58. The van der Waals surface area contributed by atoms with Gasteiger partial charge in [-0.05, 0) is 44.5 Å². The van der Waals surface area contributed by atoms with Gasteiger partial charge in [-0.2, -0.15) is 4.98 Å². The lowest BCUT2D eigenvalue weighted by Gasteiger charge is -2.08. The number of pyridine rings is 1. The molecule has 0 bridgehead atoms. The van der Waals surface area contributed by atoms with E-state index in [2.05, 4.69) is 21.4 Å². The summed E-state index contributed by atoms with van der Waals surface area (Å²) in [7, 11) is 0. The summed E-state index contributed by atoms with van der Waals surface area (Å²) >= 11 is 1.42. The van der Waals surface area contributed by atoms with Crippen LogP contribution >= 0.6 is 11.8 Å². The minimum absolute atomic E-state index is 0.0143. The van der Waals surface area contributed by atoms with Gasteiger partial charge >= 0.3 is 0 Å². The molecular formula is C18H19N3O2S. The highest BCUT2D eigenvalue weighted by molar-refractivity contribution is 7.99. The highest BCUT2D eigenvalue weighted by Gasteiger charge is 2.10. The van der Waals surface area contributed by atoms with Crippen LogP contribution in [0.4, 0.5) is 5.69 Å². The van der Waals surface area contributed by atoms with Crippen LogP contribution in [0.25, 0.3) is 11.2 Å². The molecule has 0 radical (unpaired) electrons. The number of amides is 1. The number of thioether (sulfide) groups is 1. The molecule has 2 heterocycles. The highest BCUT2D eigenvalue weighted by atomic mass is 32.2. The molecule has 0 saturated carbocycles. The van der Waals surface area contributed by atoms with Gasteiger partial charge in [0.15, 0.2) is 11.2 Å². The van der Waals surface area contributed by atoms with Gasteiger partial charge < -0.3 is 9.73 Å². The first kappa shape index (κ1) is 16.5. The Balaban J connectivity index is 1.54. The number of carbonyl (C=O) groups excluding carboxylic acids is 1. The molecule has 0 aliphatic rings. The van der Waals surface area contributed by atoms with Gasteiger partial charge in [0.05, 0.1) is 0 Å². The van der Waals surface area contributed by atoms with E-state index in [1.54, 1.807) is 0 Å². The van der Waals surface area contributed by atoms with Gasteiger partial charge in [0.25, 0.3) is 5.22 Å². The first-order chi connectivity index (χ1) is 11.5. The molecule has 2 aromatic heterocycles. The summed E-state index contributed by atoms with van der Waals surface area (Å²) in [6, 6.07) is 9.73. The summed E-state index contributed by atoms with van der Waals surface area (Å²) < 4.78 is 5.61. The lowest BCUT2D eigenvalue weighted by Crippen LogP contribution is -2.13. The standard InChI is InChI=1S/C18H19N3O2S/c1-11-4-6-14(12(2)10-11)20-16(22)8-9-24-18-21-17-15(23-18)7-5-13(3)19-17/h4-7,10H,8-9H2,1-3H3,(H,20,22). The summed E-state index contributed by atoms with van der Waals surface area (Å²) in [6.07, 6.45) is 0.392. The van der Waals surface area contributed by atoms with E-state index in [-0.39, 0.29) is 5.91 Å². The number of carbonyl (C=O) groups is 1. The van der Waals surface area contributed by atoms with Crippen molar-refractivity contribution in [2.75, 3.05) is 11.1 Å². The quantitative estimate of drug-likeness (QED) is 0.702. The van der Waals surface area contributed by atoms with Crippen molar-refractivity contribution in [3.05, 3.63) is 47.2 Å². The average molecular weight is 341 g/mol. The summed E-state index contributed by atoms with van der Waals surface area (Å²) in [5, 5.41) is 3.49. The Bertz CT molecular complexity index is 889. The first-order valence-corrected chi connectivity index (χ1v) is 8.74. The van der Waals surface area contributed by atoms with E-state index in [0.29, 0.717) is 28.6 Å². The van der Waals surface area contributed by atoms with E-state index in [1.807, 2.05) is 45.0 Å². The number of aromatic nitrogens is 2. The van der Waals surface area contributed by atoms with Crippen LogP contribution in [0.2, 0.25) is 0 Å². The maximum Gasteiger partial charge on any atom is 0.258 e. The fourth-order valence-electron chi connectivity index (χ4n) is 2.35. The van der Waals surface area contributed by atoms with Gasteiger partial charge in [0.1, 0.15) is 0 Å². The van der Waals surface area contributed by atoms with Crippen LogP contribution in [-0.4, -0.2) is 21.6 Å². The molecule has 3 aromatic rings. The molecule has 1 aromatic carbocycles. The van der Waals surface area contributed by atoms with Crippen LogP contribution < -0.4 is 5.32 Å². The maximum absolute atomic E-state index is 12.1. The molecule has 0 aliphatic heterocycles. The van der Waals surface area contributed by atoms with E-state index >= 15 is 0 Å². The molecule has 5 nitrogen and oxygen atoms in total. The molecule has 1 amide bonds. The Kier molecular flexibility index (Phi) is 4.85. The molecule has 0 aliphatic carbocycles. The van der Waals surface area contributed by atoms with Crippen molar-refractivity contribution < 1.29 is 9.21 Å². The van der Waals surface area contributed by atoms with Crippen LogP contribution in [0.5, 0.6) is 0 Å². The van der Waals surface area contributed by atoms with Crippen molar-refractivity contribution >= 4 is 34.6 Å². The Hall–Kier alpha value is -2.34. The normalized spacial score (nSPS) is 11.0. The van der Waals surface area contributed by atoms with Gasteiger partial charge in [-0.25, -0.2) is 4.98 Å². The fraction of sp³-hybridized carbons (Fsp3) is 0.278. The average Bonchev–Trinajstić information content (AvgIpc) is 2.92. The Morgan fingerprint density at radius 1 is 1.17 bits per heavy atom. The lowest BCUT2D eigenvalue weighted by atomic mass is 10.1. The Labute approximate surface area is 144 Å². The van der Waals surface area contributed by atoms with Crippen LogP contribution in [0, 0.1) is 20.8 Å².